The minimum atomic E-state index is -0.737. The Bertz CT molecular complexity index is 631. The van der Waals surface area contributed by atoms with Crippen LogP contribution in [0.1, 0.15) is 17.4 Å². The predicted molar refractivity (Wildman–Crippen MR) is 68.6 cm³/mol. The molecule has 0 atom stereocenters. The number of nitrogens with one attached hydrogen (secondary N) is 1. The van der Waals surface area contributed by atoms with Crippen molar-refractivity contribution in [1.29, 1.82) is 0 Å². The minimum Gasteiger partial charge on any atom is -0.382 e. The maximum absolute atomic E-state index is 11.0. The summed E-state index contributed by atoms with van der Waals surface area (Å²) in [6, 6.07) is 6.73. The van der Waals surface area contributed by atoms with Gasteiger partial charge in [0.1, 0.15) is 0 Å². The van der Waals surface area contributed by atoms with Crippen molar-refractivity contribution in [2.45, 2.75) is 6.92 Å². The van der Waals surface area contributed by atoms with E-state index in [1.165, 1.54) is 11.6 Å². The predicted octanol–water partition coefficient (Wildman–Crippen LogP) is -0.0932. The van der Waals surface area contributed by atoms with Crippen LogP contribution in [0.4, 0.5) is 11.5 Å². The Morgan fingerprint density at radius 3 is 2.37 bits per heavy atom. The van der Waals surface area contributed by atoms with Crippen molar-refractivity contribution in [2.24, 2.45) is 5.73 Å². The van der Waals surface area contributed by atoms with Gasteiger partial charge in [0, 0.05) is 12.6 Å². The van der Waals surface area contributed by atoms with Crippen LogP contribution in [0.15, 0.2) is 24.3 Å². The molecule has 1 aromatic heterocycles. The first-order chi connectivity index (χ1) is 8.99. The summed E-state index contributed by atoms with van der Waals surface area (Å²) in [6.07, 6.45) is 0. The van der Waals surface area contributed by atoms with Gasteiger partial charge in [0.05, 0.1) is 5.69 Å². The first-order valence-corrected chi connectivity index (χ1v) is 5.38. The van der Waals surface area contributed by atoms with Crippen LogP contribution in [0.25, 0.3) is 5.69 Å². The van der Waals surface area contributed by atoms with Gasteiger partial charge in [-0.2, -0.15) is 4.68 Å². The number of carbonyl (C=O) groups excluding carboxylic acids is 2. The molecule has 0 radical (unpaired) electrons. The van der Waals surface area contributed by atoms with Crippen LogP contribution in [-0.2, 0) is 4.79 Å². The Morgan fingerprint density at radius 1 is 1.26 bits per heavy atom. The lowest BCUT2D eigenvalue weighted by Crippen LogP contribution is -2.14. The third kappa shape index (κ3) is 2.51. The quantitative estimate of drug-likeness (QED) is 0.710. The number of nitrogens with two attached hydrogens (primary N) is 2. The van der Waals surface area contributed by atoms with Crippen molar-refractivity contribution < 1.29 is 9.59 Å². The van der Waals surface area contributed by atoms with Crippen LogP contribution in [0.2, 0.25) is 0 Å². The van der Waals surface area contributed by atoms with E-state index in [2.05, 4.69) is 15.6 Å². The molecule has 8 heteroatoms. The summed E-state index contributed by atoms with van der Waals surface area (Å²) < 4.78 is 1.29. The first kappa shape index (κ1) is 12.6. The van der Waals surface area contributed by atoms with Gasteiger partial charge in [0.15, 0.2) is 11.5 Å². The summed E-state index contributed by atoms with van der Waals surface area (Å²) >= 11 is 0. The van der Waals surface area contributed by atoms with Gasteiger partial charge in [-0.3, -0.25) is 9.59 Å². The van der Waals surface area contributed by atoms with Crippen LogP contribution >= 0.6 is 0 Å². The van der Waals surface area contributed by atoms with Gasteiger partial charge in [0.2, 0.25) is 5.91 Å². The van der Waals surface area contributed by atoms with E-state index < -0.39 is 5.91 Å². The molecule has 19 heavy (non-hydrogen) atoms. The topological polar surface area (TPSA) is 129 Å². The molecule has 0 saturated heterocycles. The van der Waals surface area contributed by atoms with Crippen LogP contribution in [0.5, 0.6) is 0 Å². The molecule has 5 N–H and O–H groups in total. The third-order valence-corrected chi connectivity index (χ3v) is 2.37. The van der Waals surface area contributed by atoms with E-state index in [4.69, 9.17) is 11.5 Å². The van der Waals surface area contributed by atoms with Gasteiger partial charge in [-0.15, -0.1) is 5.10 Å². The number of amides is 2. The summed E-state index contributed by atoms with van der Waals surface area (Å²) in [7, 11) is 0. The van der Waals surface area contributed by atoms with Gasteiger partial charge in [0.25, 0.3) is 5.91 Å². The second kappa shape index (κ2) is 4.77. The second-order valence-corrected chi connectivity index (χ2v) is 3.83. The SMILES string of the molecule is CC(=O)Nc1ccc(-n2nnc(C(N)=O)c2N)cc1. The molecule has 0 bridgehead atoms. The number of carbonyl (C=O) groups is 2. The van der Waals surface area contributed by atoms with Crippen molar-refractivity contribution in [3.8, 4) is 5.69 Å². The summed E-state index contributed by atoms with van der Waals surface area (Å²) in [5.41, 5.74) is 12.0. The van der Waals surface area contributed by atoms with Gasteiger partial charge in [-0.1, -0.05) is 5.21 Å². The Morgan fingerprint density at radius 2 is 1.89 bits per heavy atom. The highest BCUT2D eigenvalue weighted by Gasteiger charge is 2.15. The van der Waals surface area contributed by atoms with Crippen LogP contribution in [0, 0.1) is 0 Å². The number of benzene rings is 1. The van der Waals surface area contributed by atoms with E-state index >= 15 is 0 Å². The van der Waals surface area contributed by atoms with Crippen molar-refractivity contribution in [2.75, 3.05) is 11.1 Å². The van der Waals surface area contributed by atoms with E-state index in [0.717, 1.165) is 0 Å². The molecule has 0 spiro atoms. The van der Waals surface area contributed by atoms with Crippen molar-refractivity contribution in [3.05, 3.63) is 30.0 Å². The summed E-state index contributed by atoms with van der Waals surface area (Å²) in [5, 5.41) is 9.99. The number of hydrogen-bond acceptors (Lipinski definition) is 5. The highest BCUT2D eigenvalue weighted by molar-refractivity contribution is 5.95. The average Bonchev–Trinajstić information content (AvgIpc) is 2.71. The van der Waals surface area contributed by atoms with Crippen molar-refractivity contribution >= 4 is 23.3 Å². The monoisotopic (exact) mass is 260 g/mol. The number of anilines is 2. The number of aromatic nitrogens is 3. The summed E-state index contributed by atoms with van der Waals surface area (Å²) in [5.74, 6) is -0.831. The molecular weight excluding hydrogens is 248 g/mol. The van der Waals surface area contributed by atoms with E-state index in [9.17, 15) is 9.59 Å². The molecule has 2 aromatic rings. The van der Waals surface area contributed by atoms with Crippen molar-refractivity contribution in [3.63, 3.8) is 0 Å². The lowest BCUT2D eigenvalue weighted by Gasteiger charge is -2.05. The van der Waals surface area contributed by atoms with E-state index in [1.807, 2.05) is 0 Å². The molecule has 0 unspecified atom stereocenters. The maximum Gasteiger partial charge on any atom is 0.273 e. The fourth-order valence-electron chi connectivity index (χ4n) is 1.54. The van der Waals surface area contributed by atoms with Gasteiger partial charge < -0.3 is 16.8 Å². The summed E-state index contributed by atoms with van der Waals surface area (Å²) in [6.45, 7) is 1.42. The minimum absolute atomic E-state index is 0.0692. The Kier molecular flexibility index (Phi) is 3.15. The molecule has 0 fully saturated rings. The molecule has 1 aromatic carbocycles. The standard InChI is InChI=1S/C11H12N6O2/c1-6(18)14-7-2-4-8(5-3-7)17-10(12)9(11(13)19)15-16-17/h2-5H,12H2,1H3,(H2,13,19)(H,14,18). The van der Waals surface area contributed by atoms with E-state index in [1.54, 1.807) is 24.3 Å². The molecule has 2 amide bonds. The first-order valence-electron chi connectivity index (χ1n) is 5.38. The average molecular weight is 260 g/mol. The number of nitrogen functional groups attached to an aromatic ring is 1. The molecular formula is C11H12N6O2. The highest BCUT2D eigenvalue weighted by atomic mass is 16.1. The molecule has 2 rings (SSSR count). The fraction of sp³-hybridized carbons (Fsp3) is 0.0909. The zero-order valence-electron chi connectivity index (χ0n) is 10.1. The lowest BCUT2D eigenvalue weighted by atomic mass is 10.2. The Balaban J connectivity index is 2.32. The molecule has 98 valence electrons. The largest absolute Gasteiger partial charge is 0.382 e. The fourth-order valence-corrected chi connectivity index (χ4v) is 1.54. The second-order valence-electron chi connectivity index (χ2n) is 3.83. The number of nitrogens with zero attached hydrogens (tertiary/aromatic N) is 3. The lowest BCUT2D eigenvalue weighted by molar-refractivity contribution is -0.114. The normalized spacial score (nSPS) is 10.2. The van der Waals surface area contributed by atoms with Gasteiger partial charge in [-0.05, 0) is 24.3 Å². The van der Waals surface area contributed by atoms with Crippen LogP contribution in [-0.4, -0.2) is 26.8 Å². The molecule has 8 nitrogen and oxygen atoms in total. The van der Waals surface area contributed by atoms with E-state index in [-0.39, 0.29) is 17.4 Å². The van der Waals surface area contributed by atoms with E-state index in [0.29, 0.717) is 11.4 Å². The Hall–Kier alpha value is -2.90. The Labute approximate surface area is 108 Å². The summed E-state index contributed by atoms with van der Waals surface area (Å²) in [4.78, 5) is 21.9. The number of rotatable bonds is 3. The molecule has 0 aliphatic rings. The van der Waals surface area contributed by atoms with Crippen molar-refractivity contribution in [1.82, 2.24) is 15.0 Å². The number of hydrogen-bond donors (Lipinski definition) is 3. The van der Waals surface area contributed by atoms with Crippen LogP contribution in [0.3, 0.4) is 0 Å². The molecule has 0 saturated carbocycles. The highest BCUT2D eigenvalue weighted by Crippen LogP contribution is 2.17. The van der Waals surface area contributed by atoms with Crippen LogP contribution < -0.4 is 16.8 Å². The smallest absolute Gasteiger partial charge is 0.273 e. The zero-order chi connectivity index (χ0) is 14.0. The molecule has 0 aliphatic heterocycles. The maximum atomic E-state index is 11.0. The number of primary amides is 1. The molecule has 1 heterocycles. The third-order valence-electron chi connectivity index (χ3n) is 2.37. The van der Waals surface area contributed by atoms with Gasteiger partial charge >= 0.3 is 0 Å². The molecule has 0 aliphatic carbocycles. The zero-order valence-corrected chi connectivity index (χ0v) is 10.1. The van der Waals surface area contributed by atoms with Gasteiger partial charge in [-0.25, -0.2) is 0 Å².